The second-order valence-electron chi connectivity index (χ2n) is 8.44. The van der Waals surface area contributed by atoms with Crippen LogP contribution in [0.5, 0.6) is 5.88 Å². The predicted molar refractivity (Wildman–Crippen MR) is 126 cm³/mol. The average Bonchev–Trinajstić information content (AvgIpc) is 3.45. The molecular weight excluding hydrogens is 440 g/mol. The highest BCUT2D eigenvalue weighted by Gasteiger charge is 2.46. The summed E-state index contributed by atoms with van der Waals surface area (Å²) in [4.78, 5) is 32.2. The molecule has 0 fully saturated rings. The maximum absolute atomic E-state index is 13.3. The summed E-state index contributed by atoms with van der Waals surface area (Å²) in [5.41, 5.74) is 3.88. The lowest BCUT2D eigenvalue weighted by molar-refractivity contribution is -0.127. The van der Waals surface area contributed by atoms with Crippen LogP contribution in [0.4, 0.5) is 0 Å². The molecule has 1 aromatic heterocycles. The maximum atomic E-state index is 13.3. The first-order valence-corrected chi connectivity index (χ1v) is 12.2. The minimum Gasteiger partial charge on any atom is -0.503 e. The van der Waals surface area contributed by atoms with Gasteiger partial charge in [0.2, 0.25) is 5.88 Å². The topological polar surface area (TPSA) is 100.0 Å². The molecule has 2 aliphatic heterocycles. The van der Waals surface area contributed by atoms with Gasteiger partial charge in [-0.2, -0.15) is 0 Å². The van der Waals surface area contributed by atoms with Gasteiger partial charge in [-0.05, 0) is 54.0 Å². The number of amides is 1. The predicted octanol–water partition coefficient (Wildman–Crippen LogP) is 4.00. The number of carbonyl (C=O) groups excluding carboxylic acids is 2. The Balaban J connectivity index is 1.78. The molecule has 1 unspecified atom stereocenters. The molecule has 0 saturated carbocycles. The molecule has 0 bridgehead atoms. The number of rotatable bonds is 8. The fourth-order valence-electron chi connectivity index (χ4n) is 4.35. The Morgan fingerprint density at radius 3 is 2.73 bits per heavy atom. The highest BCUT2D eigenvalue weighted by molar-refractivity contribution is 8.02. The zero-order chi connectivity index (χ0) is 23.5. The third kappa shape index (κ3) is 4.50. The standard InChI is InChI=1S/C25H28N2O5S/c1-15(2)22(29)20-21(19-4-3-10-26-24(19)32-12-11-28)27(25(31)23(20)30)18-7-5-16(6-8-18)17-9-13-33-14-17/h3-5,7,10,14-15,21,28,30H,6,8-9,11-13H2,1-2H3. The van der Waals surface area contributed by atoms with Crippen LogP contribution in [0.25, 0.3) is 0 Å². The van der Waals surface area contributed by atoms with Crippen molar-refractivity contribution in [3.05, 3.63) is 69.6 Å². The lowest BCUT2D eigenvalue weighted by Gasteiger charge is -2.31. The largest absolute Gasteiger partial charge is 0.503 e. The van der Waals surface area contributed by atoms with E-state index in [9.17, 15) is 19.8 Å². The Labute approximate surface area is 197 Å². The number of hydrogen-bond acceptors (Lipinski definition) is 7. The molecule has 8 heteroatoms. The first-order valence-electron chi connectivity index (χ1n) is 11.1. The van der Waals surface area contributed by atoms with E-state index in [0.717, 1.165) is 24.3 Å². The number of nitrogens with zero attached hydrogens (tertiary/aromatic N) is 2. The normalized spacial score (nSPS) is 20.8. The number of aliphatic hydroxyl groups excluding tert-OH is 2. The molecule has 3 aliphatic rings. The van der Waals surface area contributed by atoms with Gasteiger partial charge in [-0.3, -0.25) is 14.5 Å². The summed E-state index contributed by atoms with van der Waals surface area (Å²) in [6, 6.07) is 2.59. The van der Waals surface area contributed by atoms with E-state index in [4.69, 9.17) is 4.74 Å². The van der Waals surface area contributed by atoms with Gasteiger partial charge >= 0.3 is 0 Å². The number of ether oxygens (including phenoxy) is 1. The van der Waals surface area contributed by atoms with Gasteiger partial charge in [0.15, 0.2) is 11.5 Å². The summed E-state index contributed by atoms with van der Waals surface area (Å²) in [5.74, 6) is -0.521. The molecule has 1 atom stereocenters. The first-order chi connectivity index (χ1) is 15.9. The molecule has 1 aliphatic carbocycles. The molecular formula is C25H28N2O5S. The molecule has 0 saturated heterocycles. The lowest BCUT2D eigenvalue weighted by atomic mass is 9.90. The van der Waals surface area contributed by atoms with Gasteiger partial charge in [0, 0.05) is 29.1 Å². The van der Waals surface area contributed by atoms with Crippen molar-refractivity contribution in [1.82, 2.24) is 9.88 Å². The van der Waals surface area contributed by atoms with Gasteiger partial charge in [-0.15, -0.1) is 11.8 Å². The minimum absolute atomic E-state index is 0.0236. The van der Waals surface area contributed by atoms with Gasteiger partial charge in [0.25, 0.3) is 5.91 Å². The molecule has 174 valence electrons. The van der Waals surface area contributed by atoms with Crippen molar-refractivity contribution in [1.29, 1.82) is 0 Å². The Kier molecular flexibility index (Phi) is 7.05. The van der Waals surface area contributed by atoms with Gasteiger partial charge in [0.05, 0.1) is 18.2 Å². The van der Waals surface area contributed by atoms with Gasteiger partial charge in [0.1, 0.15) is 6.61 Å². The van der Waals surface area contributed by atoms with E-state index in [2.05, 4.69) is 10.4 Å². The highest BCUT2D eigenvalue weighted by Crippen LogP contribution is 2.45. The Morgan fingerprint density at radius 2 is 2.09 bits per heavy atom. The van der Waals surface area contributed by atoms with Crippen LogP contribution in [-0.4, -0.2) is 50.8 Å². The van der Waals surface area contributed by atoms with Crippen molar-refractivity contribution in [3.63, 3.8) is 0 Å². The summed E-state index contributed by atoms with van der Waals surface area (Å²) < 4.78 is 5.62. The van der Waals surface area contributed by atoms with E-state index >= 15 is 0 Å². The number of thioether (sulfide) groups is 1. The molecule has 2 N–H and O–H groups in total. The second-order valence-corrected chi connectivity index (χ2v) is 9.42. The lowest BCUT2D eigenvalue weighted by Crippen LogP contribution is -2.32. The Bertz CT molecular complexity index is 1090. The van der Waals surface area contributed by atoms with Crippen molar-refractivity contribution in [3.8, 4) is 5.88 Å². The van der Waals surface area contributed by atoms with Gasteiger partial charge in [-0.25, -0.2) is 4.98 Å². The molecule has 1 aromatic rings. The summed E-state index contributed by atoms with van der Waals surface area (Å²) in [6.45, 7) is 3.30. The van der Waals surface area contributed by atoms with E-state index in [1.54, 1.807) is 32.2 Å². The van der Waals surface area contributed by atoms with E-state index in [-0.39, 0.29) is 30.5 Å². The average molecular weight is 469 g/mol. The number of hydrogen-bond donors (Lipinski definition) is 2. The van der Waals surface area contributed by atoms with Crippen molar-refractivity contribution in [2.45, 2.75) is 39.2 Å². The van der Waals surface area contributed by atoms with E-state index in [1.807, 2.05) is 23.9 Å². The fraction of sp³-hybridized carbons (Fsp3) is 0.400. The number of pyridine rings is 1. The van der Waals surface area contributed by atoms with Crippen LogP contribution < -0.4 is 4.74 Å². The van der Waals surface area contributed by atoms with Crippen LogP contribution in [0.1, 0.15) is 44.7 Å². The van der Waals surface area contributed by atoms with Crippen LogP contribution in [0, 0.1) is 5.92 Å². The second kappa shape index (κ2) is 9.97. The molecule has 1 amide bonds. The first kappa shape index (κ1) is 23.3. The van der Waals surface area contributed by atoms with Crippen molar-refractivity contribution < 1.29 is 24.5 Å². The number of allylic oxidation sites excluding steroid dienone is 5. The third-order valence-electron chi connectivity index (χ3n) is 5.99. The fourth-order valence-corrected chi connectivity index (χ4v) is 5.28. The van der Waals surface area contributed by atoms with Crippen molar-refractivity contribution in [2.75, 3.05) is 19.0 Å². The van der Waals surface area contributed by atoms with Gasteiger partial charge in [-0.1, -0.05) is 19.9 Å². The van der Waals surface area contributed by atoms with Crippen LogP contribution >= 0.6 is 11.8 Å². The van der Waals surface area contributed by atoms with E-state index in [0.29, 0.717) is 12.0 Å². The number of aliphatic hydroxyl groups is 2. The summed E-state index contributed by atoms with van der Waals surface area (Å²) in [5, 5.41) is 22.2. The van der Waals surface area contributed by atoms with E-state index in [1.165, 1.54) is 16.0 Å². The molecule has 33 heavy (non-hydrogen) atoms. The third-order valence-corrected chi connectivity index (χ3v) is 6.88. The van der Waals surface area contributed by atoms with Crippen LogP contribution in [0.15, 0.2) is 64.1 Å². The van der Waals surface area contributed by atoms with Crippen LogP contribution in [0.2, 0.25) is 0 Å². The maximum Gasteiger partial charge on any atom is 0.294 e. The van der Waals surface area contributed by atoms with Crippen LogP contribution in [-0.2, 0) is 9.59 Å². The van der Waals surface area contributed by atoms with Crippen LogP contribution in [0.3, 0.4) is 0 Å². The molecule has 0 spiro atoms. The molecule has 0 aromatic carbocycles. The molecule has 7 nitrogen and oxygen atoms in total. The zero-order valence-corrected chi connectivity index (χ0v) is 19.6. The van der Waals surface area contributed by atoms with E-state index < -0.39 is 23.6 Å². The number of aromatic nitrogens is 1. The molecule has 3 heterocycles. The Hall–Kier alpha value is -2.84. The zero-order valence-electron chi connectivity index (χ0n) is 18.8. The smallest absolute Gasteiger partial charge is 0.294 e. The minimum atomic E-state index is -0.850. The summed E-state index contributed by atoms with van der Waals surface area (Å²) >= 11 is 1.81. The Morgan fingerprint density at radius 1 is 1.27 bits per heavy atom. The number of ketones is 1. The SMILES string of the molecule is CC(C)C(=O)C1=C(O)C(=O)N(C2=CC=C(C3=CSCC3)CC2)C1c1cccnc1OCCO. The monoisotopic (exact) mass is 468 g/mol. The summed E-state index contributed by atoms with van der Waals surface area (Å²) in [7, 11) is 0. The number of Topliss-reactive ketones (excluding diaryl/α,β-unsaturated/α-hetero) is 1. The number of carbonyl (C=O) groups is 2. The molecule has 4 rings (SSSR count). The quantitative estimate of drug-likeness (QED) is 0.595. The van der Waals surface area contributed by atoms with Crippen molar-refractivity contribution in [2.24, 2.45) is 5.92 Å². The van der Waals surface area contributed by atoms with Crippen molar-refractivity contribution >= 4 is 23.5 Å². The highest BCUT2D eigenvalue weighted by atomic mass is 32.2. The summed E-state index contributed by atoms with van der Waals surface area (Å²) in [6.07, 6.45) is 7.93. The van der Waals surface area contributed by atoms with Gasteiger partial charge < -0.3 is 14.9 Å². The molecule has 0 radical (unpaired) electrons.